The fourth-order valence-corrected chi connectivity index (χ4v) is 6.40. The molecule has 0 unspecified atom stereocenters. The molecular weight excluding hydrogens is 448 g/mol. The Bertz CT molecular complexity index is 1200. The fourth-order valence-electron chi connectivity index (χ4n) is 6.40. The van der Waals surface area contributed by atoms with E-state index in [1.807, 2.05) is 34.1 Å². The number of piperidine rings is 2. The maximum atomic E-state index is 13.8. The van der Waals surface area contributed by atoms with Crippen molar-refractivity contribution in [2.24, 2.45) is 0 Å². The number of amides is 3. The minimum absolute atomic E-state index is 0.143. The van der Waals surface area contributed by atoms with Crippen LogP contribution in [0.5, 0.6) is 0 Å². The van der Waals surface area contributed by atoms with E-state index in [0.717, 1.165) is 105 Å². The van der Waals surface area contributed by atoms with E-state index in [0.29, 0.717) is 6.04 Å². The van der Waals surface area contributed by atoms with E-state index in [2.05, 4.69) is 40.1 Å². The first-order valence-corrected chi connectivity index (χ1v) is 13.7. The second-order valence-corrected chi connectivity index (χ2v) is 10.6. The highest BCUT2D eigenvalue weighted by Crippen LogP contribution is 2.30. The average Bonchev–Trinajstić information content (AvgIpc) is 2.96. The van der Waals surface area contributed by atoms with Gasteiger partial charge >= 0.3 is 6.03 Å². The Morgan fingerprint density at radius 1 is 0.611 bits per heavy atom. The van der Waals surface area contributed by atoms with Gasteiger partial charge in [-0.15, -0.1) is 0 Å². The van der Waals surface area contributed by atoms with Gasteiger partial charge in [0.1, 0.15) is 0 Å². The maximum Gasteiger partial charge on any atom is 0.319 e. The van der Waals surface area contributed by atoms with Gasteiger partial charge in [0.2, 0.25) is 0 Å². The van der Waals surface area contributed by atoms with Crippen LogP contribution in [0.25, 0.3) is 21.5 Å². The summed E-state index contributed by atoms with van der Waals surface area (Å²) in [6.07, 6.45) is 5.58. The second-order valence-electron chi connectivity index (χ2n) is 10.6. The molecule has 6 rings (SSSR count). The molecule has 3 aromatic rings. The first-order chi connectivity index (χ1) is 17.7. The predicted octanol–water partition coefficient (Wildman–Crippen LogP) is 4.82. The van der Waals surface area contributed by atoms with Crippen LogP contribution in [0, 0.1) is 0 Å². The van der Waals surface area contributed by atoms with E-state index in [1.165, 1.54) is 6.42 Å². The Morgan fingerprint density at radius 3 is 1.78 bits per heavy atom. The zero-order valence-corrected chi connectivity index (χ0v) is 21.1. The molecule has 0 spiro atoms. The molecule has 6 heteroatoms. The molecule has 3 aromatic carbocycles. The number of carbonyl (C=O) groups excluding carboxylic acids is 2. The summed E-state index contributed by atoms with van der Waals surface area (Å²) in [6.45, 7) is 6.84. The lowest BCUT2D eigenvalue weighted by atomic mass is 9.95. The summed E-state index contributed by atoms with van der Waals surface area (Å²) in [5.41, 5.74) is 0.835. The van der Waals surface area contributed by atoms with Crippen molar-refractivity contribution in [2.45, 2.75) is 38.1 Å². The minimum atomic E-state index is 0.143. The SMILES string of the molecule is O=C(c1c2ccccc2cc2ccccc12)N1CCN(C2CCN(C(=O)N3CCCCC3)CC2)CC1. The van der Waals surface area contributed by atoms with E-state index in [4.69, 9.17) is 0 Å². The quantitative estimate of drug-likeness (QED) is 0.490. The number of likely N-dealkylation sites (tertiary alicyclic amines) is 2. The first-order valence-electron chi connectivity index (χ1n) is 13.7. The third-order valence-electron chi connectivity index (χ3n) is 8.46. The third-order valence-corrected chi connectivity index (χ3v) is 8.46. The van der Waals surface area contributed by atoms with Gasteiger partial charge in [-0.05, 0) is 59.7 Å². The van der Waals surface area contributed by atoms with Crippen LogP contribution in [-0.2, 0) is 0 Å². The van der Waals surface area contributed by atoms with Gasteiger partial charge in [0.25, 0.3) is 5.91 Å². The molecular formula is C30H36N4O2. The Hall–Kier alpha value is -3.12. The summed E-state index contributed by atoms with van der Waals surface area (Å²) in [4.78, 5) is 35.4. The molecule has 0 saturated carbocycles. The van der Waals surface area contributed by atoms with Crippen LogP contribution in [0.2, 0.25) is 0 Å². The molecule has 0 bridgehead atoms. The number of hydrogen-bond donors (Lipinski definition) is 0. The fraction of sp³-hybridized carbons (Fsp3) is 0.467. The van der Waals surface area contributed by atoms with Crippen molar-refractivity contribution in [3.63, 3.8) is 0 Å². The summed E-state index contributed by atoms with van der Waals surface area (Å²) in [5.74, 6) is 0.143. The van der Waals surface area contributed by atoms with Crippen molar-refractivity contribution in [1.29, 1.82) is 0 Å². The molecule has 3 aliphatic rings. The van der Waals surface area contributed by atoms with Gasteiger partial charge in [-0.25, -0.2) is 4.79 Å². The Labute approximate surface area is 213 Å². The Morgan fingerprint density at radius 2 is 1.17 bits per heavy atom. The topological polar surface area (TPSA) is 47.1 Å². The number of hydrogen-bond acceptors (Lipinski definition) is 3. The van der Waals surface area contributed by atoms with Crippen LogP contribution < -0.4 is 0 Å². The number of rotatable bonds is 2. The highest BCUT2D eigenvalue weighted by Gasteiger charge is 2.32. The van der Waals surface area contributed by atoms with Gasteiger partial charge in [-0.3, -0.25) is 9.69 Å². The van der Waals surface area contributed by atoms with Crippen LogP contribution in [-0.4, -0.2) is 89.9 Å². The molecule has 0 aliphatic carbocycles. The standard InChI is InChI=1S/C30H36N4O2/c35-29(28-26-10-4-2-8-23(26)22-24-9-3-5-11-27(24)28)32-20-18-31(19-21-32)25-12-16-34(17-13-25)30(36)33-14-6-1-7-15-33/h2-5,8-11,22,25H,1,6-7,12-21H2. The van der Waals surface area contributed by atoms with Crippen molar-refractivity contribution >= 4 is 33.5 Å². The zero-order chi connectivity index (χ0) is 24.5. The molecule has 0 aromatic heterocycles. The third kappa shape index (κ3) is 4.43. The van der Waals surface area contributed by atoms with Gasteiger partial charge in [0.15, 0.2) is 0 Å². The van der Waals surface area contributed by atoms with Crippen molar-refractivity contribution in [3.05, 3.63) is 60.2 Å². The van der Waals surface area contributed by atoms with Crippen molar-refractivity contribution in [1.82, 2.24) is 19.6 Å². The van der Waals surface area contributed by atoms with Crippen molar-refractivity contribution < 1.29 is 9.59 Å². The lowest BCUT2D eigenvalue weighted by Gasteiger charge is -2.43. The summed E-state index contributed by atoms with van der Waals surface area (Å²) in [6, 6.07) is 19.4. The Kier molecular flexibility index (Phi) is 6.53. The van der Waals surface area contributed by atoms with E-state index in [1.54, 1.807) is 0 Å². The predicted molar refractivity (Wildman–Crippen MR) is 144 cm³/mol. The number of urea groups is 1. The van der Waals surface area contributed by atoms with Crippen molar-refractivity contribution in [2.75, 3.05) is 52.4 Å². The molecule has 0 N–H and O–H groups in total. The maximum absolute atomic E-state index is 13.8. The number of nitrogens with zero attached hydrogens (tertiary/aromatic N) is 4. The zero-order valence-electron chi connectivity index (χ0n) is 21.1. The summed E-state index contributed by atoms with van der Waals surface area (Å²) in [5, 5.41) is 4.30. The van der Waals surface area contributed by atoms with Crippen LogP contribution >= 0.6 is 0 Å². The van der Waals surface area contributed by atoms with Crippen LogP contribution in [0.3, 0.4) is 0 Å². The van der Waals surface area contributed by atoms with Gasteiger partial charge in [-0.2, -0.15) is 0 Å². The van der Waals surface area contributed by atoms with Gasteiger partial charge in [0, 0.05) is 58.4 Å². The van der Waals surface area contributed by atoms with Crippen LogP contribution in [0.4, 0.5) is 4.79 Å². The molecule has 3 amide bonds. The van der Waals surface area contributed by atoms with Gasteiger partial charge < -0.3 is 14.7 Å². The number of fused-ring (bicyclic) bond motifs is 2. The molecule has 188 valence electrons. The monoisotopic (exact) mass is 484 g/mol. The lowest BCUT2D eigenvalue weighted by molar-refractivity contribution is 0.0460. The first kappa shape index (κ1) is 23.3. The van der Waals surface area contributed by atoms with E-state index < -0.39 is 0 Å². The molecule has 3 saturated heterocycles. The molecule has 3 fully saturated rings. The average molecular weight is 485 g/mol. The van der Waals surface area contributed by atoms with Gasteiger partial charge in [0.05, 0.1) is 5.56 Å². The van der Waals surface area contributed by atoms with Crippen molar-refractivity contribution in [3.8, 4) is 0 Å². The normalized spacial score (nSPS) is 20.3. The second kappa shape index (κ2) is 10.1. The minimum Gasteiger partial charge on any atom is -0.336 e. The summed E-state index contributed by atoms with van der Waals surface area (Å²) in [7, 11) is 0. The number of benzene rings is 3. The lowest BCUT2D eigenvalue weighted by Crippen LogP contribution is -2.56. The van der Waals surface area contributed by atoms with Crippen LogP contribution in [0.1, 0.15) is 42.5 Å². The molecule has 6 nitrogen and oxygen atoms in total. The van der Waals surface area contributed by atoms with Gasteiger partial charge in [-0.1, -0.05) is 48.5 Å². The summed E-state index contributed by atoms with van der Waals surface area (Å²) < 4.78 is 0. The molecule has 3 heterocycles. The number of piperazine rings is 1. The van der Waals surface area contributed by atoms with E-state index in [9.17, 15) is 9.59 Å². The number of carbonyl (C=O) groups is 2. The molecule has 0 atom stereocenters. The Balaban J connectivity index is 1.10. The summed E-state index contributed by atoms with van der Waals surface area (Å²) >= 11 is 0. The molecule has 36 heavy (non-hydrogen) atoms. The largest absolute Gasteiger partial charge is 0.336 e. The molecule has 0 radical (unpaired) electrons. The highest BCUT2D eigenvalue weighted by molar-refractivity contribution is 6.18. The van der Waals surface area contributed by atoms with E-state index >= 15 is 0 Å². The smallest absolute Gasteiger partial charge is 0.319 e. The van der Waals surface area contributed by atoms with E-state index in [-0.39, 0.29) is 11.9 Å². The van der Waals surface area contributed by atoms with Crippen LogP contribution in [0.15, 0.2) is 54.6 Å². The molecule has 3 aliphatic heterocycles. The highest BCUT2D eigenvalue weighted by atomic mass is 16.2.